The first-order valence-electron chi connectivity index (χ1n) is 6.70. The Morgan fingerprint density at radius 3 is 2.53 bits per heavy atom. The maximum absolute atomic E-state index is 9.81. The molecule has 0 bridgehead atoms. The molecule has 7 nitrogen and oxygen atoms in total. The summed E-state index contributed by atoms with van der Waals surface area (Å²) >= 11 is 0. The first-order chi connectivity index (χ1) is 8.98. The first-order valence-corrected chi connectivity index (χ1v) is 6.70. The van der Waals surface area contributed by atoms with Gasteiger partial charge < -0.3 is 20.2 Å². The Morgan fingerprint density at radius 1 is 1.26 bits per heavy atom. The minimum absolute atomic E-state index is 0.515. The average molecular weight is 269 g/mol. The molecule has 0 spiro atoms. The van der Waals surface area contributed by atoms with Gasteiger partial charge in [-0.05, 0) is 13.8 Å². The molecule has 1 aliphatic rings. The largest absolute Gasteiger partial charge is 0.408 e. The summed E-state index contributed by atoms with van der Waals surface area (Å²) in [6, 6.07) is 0.575. The highest BCUT2D eigenvalue weighted by Crippen LogP contribution is 2.16. The van der Waals surface area contributed by atoms with Crippen molar-refractivity contribution in [3.05, 3.63) is 5.89 Å². The molecule has 0 amide bonds. The zero-order valence-corrected chi connectivity index (χ0v) is 11.7. The summed E-state index contributed by atoms with van der Waals surface area (Å²) in [7, 11) is 0. The van der Waals surface area contributed by atoms with Crippen LogP contribution in [-0.2, 0) is 6.42 Å². The van der Waals surface area contributed by atoms with Crippen molar-refractivity contribution in [1.29, 1.82) is 0 Å². The molecule has 0 aliphatic carbocycles. The van der Waals surface area contributed by atoms with Crippen molar-refractivity contribution in [3.63, 3.8) is 0 Å². The number of rotatable bonds is 5. The van der Waals surface area contributed by atoms with Crippen LogP contribution < -0.4 is 10.6 Å². The van der Waals surface area contributed by atoms with Gasteiger partial charge in [0.05, 0.1) is 5.60 Å². The summed E-state index contributed by atoms with van der Waals surface area (Å²) in [5.41, 5.74) is 4.80. The Hall–Kier alpha value is -1.18. The predicted molar refractivity (Wildman–Crippen MR) is 72.0 cm³/mol. The molecule has 19 heavy (non-hydrogen) atoms. The molecule has 1 aromatic heterocycles. The van der Waals surface area contributed by atoms with Crippen LogP contribution in [0.3, 0.4) is 0 Å². The lowest BCUT2D eigenvalue weighted by atomic mass is 10.1. The Balaban J connectivity index is 1.85. The highest BCUT2D eigenvalue weighted by Gasteiger charge is 2.24. The van der Waals surface area contributed by atoms with Crippen molar-refractivity contribution in [2.24, 2.45) is 5.73 Å². The summed E-state index contributed by atoms with van der Waals surface area (Å²) in [4.78, 5) is 4.32. The second-order valence-corrected chi connectivity index (χ2v) is 5.59. The first kappa shape index (κ1) is 14.2. The van der Waals surface area contributed by atoms with Crippen LogP contribution in [0.1, 0.15) is 19.7 Å². The smallest absolute Gasteiger partial charge is 0.318 e. The lowest BCUT2D eigenvalue weighted by molar-refractivity contribution is 0.0342. The molecule has 2 heterocycles. The van der Waals surface area contributed by atoms with Gasteiger partial charge in [-0.1, -0.05) is 5.10 Å². The Labute approximate surface area is 113 Å². The number of anilines is 1. The van der Waals surface area contributed by atoms with Crippen molar-refractivity contribution in [1.82, 2.24) is 15.1 Å². The lowest BCUT2D eigenvalue weighted by Crippen LogP contribution is -2.50. The quantitative estimate of drug-likeness (QED) is 0.742. The molecule has 2 rings (SSSR count). The van der Waals surface area contributed by atoms with Crippen molar-refractivity contribution >= 4 is 6.01 Å². The van der Waals surface area contributed by atoms with Crippen LogP contribution in [0.25, 0.3) is 0 Å². The van der Waals surface area contributed by atoms with Crippen molar-refractivity contribution < 1.29 is 9.52 Å². The monoisotopic (exact) mass is 269 g/mol. The summed E-state index contributed by atoms with van der Waals surface area (Å²) in [5.74, 6) is 0.594. The molecule has 3 N–H and O–H groups in total. The summed E-state index contributed by atoms with van der Waals surface area (Å²) in [6.07, 6.45) is 0.617. The molecule has 1 saturated heterocycles. The minimum Gasteiger partial charge on any atom is -0.408 e. The molecule has 7 heteroatoms. The van der Waals surface area contributed by atoms with Gasteiger partial charge in [0.1, 0.15) is 0 Å². The van der Waals surface area contributed by atoms with Crippen LogP contribution in [0.5, 0.6) is 0 Å². The normalized spacial score (nSPS) is 18.0. The maximum Gasteiger partial charge on any atom is 0.318 e. The maximum atomic E-state index is 9.81. The Kier molecular flexibility index (Phi) is 4.38. The van der Waals surface area contributed by atoms with Gasteiger partial charge in [-0.25, -0.2) is 0 Å². The number of piperazine rings is 1. The molecule has 0 atom stereocenters. The van der Waals surface area contributed by atoms with E-state index in [4.69, 9.17) is 10.2 Å². The highest BCUT2D eigenvalue weighted by molar-refractivity contribution is 5.25. The highest BCUT2D eigenvalue weighted by atomic mass is 16.4. The molecular formula is C12H23N5O2. The van der Waals surface area contributed by atoms with Gasteiger partial charge in [-0.15, -0.1) is 5.10 Å². The van der Waals surface area contributed by atoms with E-state index < -0.39 is 5.60 Å². The van der Waals surface area contributed by atoms with E-state index in [2.05, 4.69) is 20.0 Å². The van der Waals surface area contributed by atoms with Gasteiger partial charge in [0, 0.05) is 45.7 Å². The van der Waals surface area contributed by atoms with Crippen LogP contribution in [-0.4, -0.2) is 65.1 Å². The van der Waals surface area contributed by atoms with E-state index in [0.29, 0.717) is 31.4 Å². The summed E-state index contributed by atoms with van der Waals surface area (Å²) in [5, 5.41) is 17.8. The fourth-order valence-electron chi connectivity index (χ4n) is 2.24. The molecule has 108 valence electrons. The van der Waals surface area contributed by atoms with Crippen molar-refractivity contribution in [3.8, 4) is 0 Å². The molecule has 1 aromatic rings. The third-order valence-corrected chi connectivity index (χ3v) is 3.07. The van der Waals surface area contributed by atoms with Crippen molar-refractivity contribution in [2.75, 3.05) is 44.2 Å². The van der Waals surface area contributed by atoms with E-state index >= 15 is 0 Å². The zero-order chi connectivity index (χ0) is 13.9. The van der Waals surface area contributed by atoms with Crippen LogP contribution in [0.4, 0.5) is 6.01 Å². The number of hydrogen-bond donors (Lipinski definition) is 2. The molecule has 1 fully saturated rings. The summed E-state index contributed by atoms with van der Waals surface area (Å²) < 4.78 is 5.56. The van der Waals surface area contributed by atoms with Gasteiger partial charge in [-0.3, -0.25) is 4.90 Å². The molecule has 1 aliphatic heterocycles. The fraction of sp³-hybridized carbons (Fsp3) is 0.833. The number of nitrogens with zero attached hydrogens (tertiary/aromatic N) is 4. The van der Waals surface area contributed by atoms with Crippen LogP contribution in [0.2, 0.25) is 0 Å². The zero-order valence-electron chi connectivity index (χ0n) is 11.7. The second kappa shape index (κ2) is 5.85. The lowest BCUT2D eigenvalue weighted by Gasteiger charge is -2.36. The van der Waals surface area contributed by atoms with E-state index in [0.717, 1.165) is 26.2 Å². The number of β-amino-alcohol motifs (C(OH)–C–C–N with tert-alkyl or cyclic N) is 1. The SMILES string of the molecule is CC(C)(O)CN1CCN(c2nnc(CCN)o2)CC1. The standard InChI is InChI=1S/C12H23N5O2/c1-12(2,18)9-16-5-7-17(8-6-16)11-15-14-10(19-11)3-4-13/h18H,3-9,13H2,1-2H3. The Morgan fingerprint density at radius 2 is 1.95 bits per heavy atom. The molecule has 0 saturated carbocycles. The van der Waals surface area contributed by atoms with Gasteiger partial charge in [0.25, 0.3) is 0 Å². The van der Waals surface area contributed by atoms with Gasteiger partial charge in [0.15, 0.2) is 0 Å². The van der Waals surface area contributed by atoms with Gasteiger partial charge >= 0.3 is 6.01 Å². The van der Waals surface area contributed by atoms with E-state index in [1.807, 2.05) is 13.8 Å². The summed E-state index contributed by atoms with van der Waals surface area (Å²) in [6.45, 7) is 8.30. The molecule has 0 unspecified atom stereocenters. The third kappa shape index (κ3) is 4.15. The van der Waals surface area contributed by atoms with E-state index in [1.54, 1.807) is 0 Å². The average Bonchev–Trinajstić information content (AvgIpc) is 2.77. The third-order valence-electron chi connectivity index (χ3n) is 3.07. The number of aromatic nitrogens is 2. The van der Waals surface area contributed by atoms with Crippen LogP contribution >= 0.6 is 0 Å². The van der Waals surface area contributed by atoms with E-state index in [1.165, 1.54) is 0 Å². The van der Waals surface area contributed by atoms with Crippen molar-refractivity contribution in [2.45, 2.75) is 25.9 Å². The molecule has 0 radical (unpaired) electrons. The number of aliphatic hydroxyl groups is 1. The van der Waals surface area contributed by atoms with E-state index in [9.17, 15) is 5.11 Å². The van der Waals surface area contributed by atoms with Gasteiger partial charge in [0.2, 0.25) is 5.89 Å². The Bertz CT molecular complexity index is 393. The topological polar surface area (TPSA) is 91.7 Å². The van der Waals surface area contributed by atoms with Gasteiger partial charge in [-0.2, -0.15) is 0 Å². The molecular weight excluding hydrogens is 246 g/mol. The second-order valence-electron chi connectivity index (χ2n) is 5.59. The van der Waals surface area contributed by atoms with Crippen LogP contribution in [0.15, 0.2) is 4.42 Å². The predicted octanol–water partition coefficient (Wildman–Crippen LogP) is -0.536. The van der Waals surface area contributed by atoms with Crippen LogP contribution in [0, 0.1) is 0 Å². The molecule has 0 aromatic carbocycles. The van der Waals surface area contributed by atoms with E-state index in [-0.39, 0.29) is 0 Å². The number of nitrogens with two attached hydrogens (primary N) is 1. The minimum atomic E-state index is -0.652. The number of hydrogen-bond acceptors (Lipinski definition) is 7. The fourth-order valence-corrected chi connectivity index (χ4v) is 2.24.